The molecule has 1 aromatic carbocycles. The number of nitrogens with one attached hydrogen (secondary N) is 2. The van der Waals surface area contributed by atoms with Crippen molar-refractivity contribution < 1.29 is 33.8 Å². The Morgan fingerprint density at radius 2 is 1.68 bits per heavy atom. The van der Waals surface area contributed by atoms with Crippen LogP contribution in [0.25, 0.3) is 0 Å². The van der Waals surface area contributed by atoms with Crippen molar-refractivity contribution >= 4 is 23.9 Å². The van der Waals surface area contributed by atoms with E-state index in [9.17, 15) is 24.3 Å². The van der Waals surface area contributed by atoms with E-state index in [0.29, 0.717) is 12.0 Å². The van der Waals surface area contributed by atoms with Gasteiger partial charge >= 0.3 is 12.1 Å². The first-order valence-electron chi connectivity index (χ1n) is 11.3. The van der Waals surface area contributed by atoms with Crippen molar-refractivity contribution in [2.75, 3.05) is 20.2 Å². The summed E-state index contributed by atoms with van der Waals surface area (Å²) < 4.78 is 9.91. The summed E-state index contributed by atoms with van der Waals surface area (Å²) in [5, 5.41) is 14.8. The summed E-state index contributed by atoms with van der Waals surface area (Å²) in [6.45, 7) is 10.3. The molecule has 1 aromatic rings. The summed E-state index contributed by atoms with van der Waals surface area (Å²) in [6.07, 6.45) is -0.152. The van der Waals surface area contributed by atoms with Crippen LogP contribution in [0.3, 0.4) is 0 Å². The number of methoxy groups -OCH3 is 1. The highest BCUT2D eigenvalue weighted by atomic mass is 16.6. The quantitative estimate of drug-likeness (QED) is 0.439. The Bertz CT molecular complexity index is 849. The molecule has 0 bridgehead atoms. The molecule has 10 nitrogen and oxygen atoms in total. The first kappa shape index (κ1) is 28.7. The van der Waals surface area contributed by atoms with Gasteiger partial charge in [-0.3, -0.25) is 14.4 Å². The van der Waals surface area contributed by atoms with Crippen molar-refractivity contribution in [1.82, 2.24) is 15.5 Å². The number of carbonyl (C=O) groups excluding carboxylic acids is 4. The second kappa shape index (κ2) is 12.8. The fourth-order valence-electron chi connectivity index (χ4n) is 3.22. The lowest BCUT2D eigenvalue weighted by Gasteiger charge is -2.35. The first-order chi connectivity index (χ1) is 15.8. The Balaban J connectivity index is 3.34. The van der Waals surface area contributed by atoms with Crippen molar-refractivity contribution in [3.8, 4) is 5.75 Å². The van der Waals surface area contributed by atoms with E-state index in [1.807, 2.05) is 13.8 Å². The maximum absolute atomic E-state index is 13.7. The molecule has 3 N–H and O–H groups in total. The molecular formula is C24H37N3O7. The highest BCUT2D eigenvalue weighted by molar-refractivity contribution is 5.93. The van der Waals surface area contributed by atoms with Crippen LogP contribution in [0.15, 0.2) is 24.3 Å². The molecule has 0 radical (unpaired) electrons. The van der Waals surface area contributed by atoms with Gasteiger partial charge in [0.25, 0.3) is 0 Å². The SMILES string of the molecule is CCC(C)C(NC(=O)OC(C)(C)C)C(=O)N(CC)C(C(=O)NCC(=O)OC)c1ccc(O)cc1. The van der Waals surface area contributed by atoms with Gasteiger partial charge in [-0.05, 0) is 51.3 Å². The van der Waals surface area contributed by atoms with Gasteiger partial charge in [0.05, 0.1) is 7.11 Å². The maximum atomic E-state index is 13.7. The molecule has 34 heavy (non-hydrogen) atoms. The number of amides is 3. The standard InChI is InChI=1S/C24H37N3O7/c1-8-15(3)19(26-23(32)34-24(4,5)6)22(31)27(9-2)20(16-10-12-17(28)13-11-16)21(30)25-14-18(29)33-7/h10-13,15,19-20,28H,8-9,14H2,1-7H3,(H,25,30)(H,26,32). The predicted molar refractivity (Wildman–Crippen MR) is 126 cm³/mol. The van der Waals surface area contributed by atoms with Crippen LogP contribution in [0, 0.1) is 5.92 Å². The number of aromatic hydroxyl groups is 1. The number of esters is 1. The largest absolute Gasteiger partial charge is 0.508 e. The van der Waals surface area contributed by atoms with Crippen LogP contribution in [-0.4, -0.2) is 65.7 Å². The molecule has 0 aliphatic carbocycles. The first-order valence-corrected chi connectivity index (χ1v) is 11.3. The van der Waals surface area contributed by atoms with E-state index in [1.165, 1.54) is 36.3 Å². The smallest absolute Gasteiger partial charge is 0.408 e. The molecular weight excluding hydrogens is 442 g/mol. The zero-order valence-corrected chi connectivity index (χ0v) is 21.0. The molecule has 0 heterocycles. The summed E-state index contributed by atoms with van der Waals surface area (Å²) in [5.74, 6) is -1.99. The van der Waals surface area contributed by atoms with Crippen molar-refractivity contribution in [2.24, 2.45) is 5.92 Å². The van der Waals surface area contributed by atoms with E-state index in [2.05, 4.69) is 15.4 Å². The average molecular weight is 480 g/mol. The number of hydrogen-bond acceptors (Lipinski definition) is 7. The third-order valence-corrected chi connectivity index (χ3v) is 5.18. The van der Waals surface area contributed by atoms with Crippen LogP contribution in [0.4, 0.5) is 4.79 Å². The lowest BCUT2D eigenvalue weighted by Crippen LogP contribution is -2.55. The summed E-state index contributed by atoms with van der Waals surface area (Å²) in [5.41, 5.74) is -0.324. The number of hydrogen-bond donors (Lipinski definition) is 3. The van der Waals surface area contributed by atoms with E-state index < -0.39 is 41.6 Å². The van der Waals surface area contributed by atoms with E-state index in [0.717, 1.165) is 0 Å². The minimum absolute atomic E-state index is 0.00378. The molecule has 0 saturated carbocycles. The highest BCUT2D eigenvalue weighted by Gasteiger charge is 2.37. The number of phenolic OH excluding ortho intramolecular Hbond substituents is 1. The van der Waals surface area contributed by atoms with Gasteiger partial charge in [0.2, 0.25) is 11.8 Å². The van der Waals surface area contributed by atoms with Crippen LogP contribution in [0.5, 0.6) is 5.75 Å². The van der Waals surface area contributed by atoms with Crippen molar-refractivity contribution in [1.29, 1.82) is 0 Å². The fourth-order valence-corrected chi connectivity index (χ4v) is 3.22. The minimum atomic E-state index is -1.12. The molecule has 10 heteroatoms. The summed E-state index contributed by atoms with van der Waals surface area (Å²) in [7, 11) is 1.20. The molecule has 1 rings (SSSR count). The number of benzene rings is 1. The number of alkyl carbamates (subject to hydrolysis) is 1. The van der Waals surface area contributed by atoms with Gasteiger partial charge in [-0.15, -0.1) is 0 Å². The number of likely N-dealkylation sites (N-methyl/N-ethyl adjacent to an activating group) is 1. The summed E-state index contributed by atoms with van der Waals surface area (Å²) in [6, 6.07) is 3.78. The molecule has 0 fully saturated rings. The predicted octanol–water partition coefficient (Wildman–Crippen LogP) is 2.51. The minimum Gasteiger partial charge on any atom is -0.508 e. The monoisotopic (exact) mass is 479 g/mol. The van der Waals surface area contributed by atoms with Gasteiger partial charge in [-0.1, -0.05) is 32.4 Å². The van der Waals surface area contributed by atoms with Crippen LogP contribution in [0.1, 0.15) is 59.6 Å². The molecule has 0 spiro atoms. The molecule has 0 aliphatic rings. The second-order valence-corrected chi connectivity index (χ2v) is 8.92. The fraction of sp³-hybridized carbons (Fsp3) is 0.583. The van der Waals surface area contributed by atoms with E-state index in [-0.39, 0.29) is 24.8 Å². The normalized spacial score (nSPS) is 13.7. The van der Waals surface area contributed by atoms with Gasteiger partial charge in [-0.2, -0.15) is 0 Å². The van der Waals surface area contributed by atoms with Crippen molar-refractivity contribution in [2.45, 2.75) is 65.6 Å². The Morgan fingerprint density at radius 1 is 1.09 bits per heavy atom. The zero-order valence-electron chi connectivity index (χ0n) is 21.0. The number of nitrogens with zero attached hydrogens (tertiary/aromatic N) is 1. The van der Waals surface area contributed by atoms with Gasteiger partial charge in [-0.25, -0.2) is 4.79 Å². The van der Waals surface area contributed by atoms with Gasteiger partial charge in [0.15, 0.2) is 0 Å². The number of phenols is 1. The molecule has 190 valence electrons. The molecule has 3 amide bonds. The van der Waals surface area contributed by atoms with Crippen molar-refractivity contribution in [3.05, 3.63) is 29.8 Å². The highest BCUT2D eigenvalue weighted by Crippen LogP contribution is 2.25. The van der Waals surface area contributed by atoms with Crippen LogP contribution < -0.4 is 10.6 Å². The number of ether oxygens (including phenoxy) is 2. The summed E-state index contributed by atoms with van der Waals surface area (Å²) in [4.78, 5) is 52.2. The lowest BCUT2D eigenvalue weighted by atomic mass is 9.96. The van der Waals surface area contributed by atoms with E-state index in [4.69, 9.17) is 4.74 Å². The Labute approximate surface area is 201 Å². The summed E-state index contributed by atoms with van der Waals surface area (Å²) >= 11 is 0. The lowest BCUT2D eigenvalue weighted by molar-refractivity contribution is -0.145. The van der Waals surface area contributed by atoms with E-state index in [1.54, 1.807) is 27.7 Å². The third kappa shape index (κ3) is 8.57. The van der Waals surface area contributed by atoms with Crippen LogP contribution >= 0.6 is 0 Å². The Hall–Kier alpha value is -3.30. The van der Waals surface area contributed by atoms with Gasteiger partial charge in [0.1, 0.15) is 30.0 Å². The van der Waals surface area contributed by atoms with Crippen LogP contribution in [0.2, 0.25) is 0 Å². The maximum Gasteiger partial charge on any atom is 0.408 e. The van der Waals surface area contributed by atoms with E-state index >= 15 is 0 Å². The molecule has 3 unspecified atom stereocenters. The second-order valence-electron chi connectivity index (χ2n) is 8.92. The third-order valence-electron chi connectivity index (χ3n) is 5.18. The number of rotatable bonds is 10. The Morgan fingerprint density at radius 3 is 2.15 bits per heavy atom. The average Bonchev–Trinajstić information content (AvgIpc) is 2.77. The Kier molecular flexibility index (Phi) is 10.8. The molecule has 0 aromatic heterocycles. The molecule has 0 aliphatic heterocycles. The van der Waals surface area contributed by atoms with Crippen molar-refractivity contribution in [3.63, 3.8) is 0 Å². The zero-order chi connectivity index (χ0) is 26.1. The van der Waals surface area contributed by atoms with Crippen LogP contribution in [-0.2, 0) is 23.9 Å². The van der Waals surface area contributed by atoms with Gasteiger partial charge < -0.3 is 30.1 Å². The number of carbonyl (C=O) groups is 4. The topological polar surface area (TPSA) is 134 Å². The molecule has 3 atom stereocenters. The van der Waals surface area contributed by atoms with Gasteiger partial charge in [0, 0.05) is 6.54 Å². The molecule has 0 saturated heterocycles.